The quantitative estimate of drug-likeness (QED) is 0.784. The molecule has 0 spiro atoms. The summed E-state index contributed by atoms with van der Waals surface area (Å²) in [5, 5.41) is 0. The average Bonchev–Trinajstić information content (AvgIpc) is 2.95. The summed E-state index contributed by atoms with van der Waals surface area (Å²) in [4.78, 5) is 12.1. The van der Waals surface area contributed by atoms with E-state index in [1.54, 1.807) is 24.3 Å². The maximum Gasteiger partial charge on any atom is 0.338 e. The first kappa shape index (κ1) is 14.5. The molecule has 0 aromatic heterocycles. The molecule has 2 aliphatic heterocycles. The fourth-order valence-electron chi connectivity index (χ4n) is 2.50. The molecule has 0 saturated carbocycles. The van der Waals surface area contributed by atoms with Crippen LogP contribution >= 0.6 is 0 Å². The van der Waals surface area contributed by atoms with Gasteiger partial charge in [-0.15, -0.1) is 0 Å². The second kappa shape index (κ2) is 6.53. The summed E-state index contributed by atoms with van der Waals surface area (Å²) in [6.45, 7) is 2.59. The molecule has 0 bridgehead atoms. The third kappa shape index (κ3) is 3.24. The van der Waals surface area contributed by atoms with Crippen LogP contribution in [0.25, 0.3) is 0 Å². The summed E-state index contributed by atoms with van der Waals surface area (Å²) in [5.41, 5.74) is 0.499. The zero-order valence-electron chi connectivity index (χ0n) is 11.8. The number of rotatable bonds is 3. The zero-order valence-corrected chi connectivity index (χ0v) is 11.8. The van der Waals surface area contributed by atoms with E-state index < -0.39 is 12.1 Å². The molecule has 2 heterocycles. The Kier molecular flexibility index (Phi) is 4.50. The van der Waals surface area contributed by atoms with Gasteiger partial charge in [0.05, 0.1) is 18.3 Å². The van der Waals surface area contributed by atoms with Gasteiger partial charge < -0.3 is 23.7 Å². The highest BCUT2D eigenvalue weighted by atomic mass is 16.7. The highest BCUT2D eigenvalue weighted by Gasteiger charge is 2.42. The van der Waals surface area contributed by atoms with Crippen LogP contribution in [0.5, 0.6) is 0 Å². The van der Waals surface area contributed by atoms with E-state index in [0.717, 1.165) is 0 Å². The van der Waals surface area contributed by atoms with Crippen molar-refractivity contribution in [2.24, 2.45) is 0 Å². The molecule has 2 aliphatic rings. The van der Waals surface area contributed by atoms with Gasteiger partial charge in [0.25, 0.3) is 0 Å². The van der Waals surface area contributed by atoms with Crippen molar-refractivity contribution in [1.29, 1.82) is 0 Å². The van der Waals surface area contributed by atoms with Gasteiger partial charge >= 0.3 is 5.97 Å². The van der Waals surface area contributed by atoms with Crippen LogP contribution in [0.15, 0.2) is 30.3 Å². The van der Waals surface area contributed by atoms with Crippen molar-refractivity contribution in [2.45, 2.75) is 31.3 Å². The van der Waals surface area contributed by atoms with Gasteiger partial charge in [0.2, 0.25) is 0 Å². The summed E-state index contributed by atoms with van der Waals surface area (Å²) in [7, 11) is 0. The number of hydrogen-bond acceptors (Lipinski definition) is 6. The van der Waals surface area contributed by atoms with Crippen LogP contribution < -0.4 is 0 Å². The first-order valence-electron chi connectivity index (χ1n) is 6.94. The number of carbonyl (C=O) groups excluding carboxylic acids is 1. The molecule has 6 nitrogen and oxygen atoms in total. The maximum absolute atomic E-state index is 12.1. The van der Waals surface area contributed by atoms with E-state index in [1.165, 1.54) is 0 Å². The molecular formula is C15H18O6. The van der Waals surface area contributed by atoms with Crippen molar-refractivity contribution in [3.63, 3.8) is 0 Å². The molecule has 0 unspecified atom stereocenters. The third-order valence-corrected chi connectivity index (χ3v) is 3.64. The first-order chi connectivity index (χ1) is 10.3. The van der Waals surface area contributed by atoms with Gasteiger partial charge in [-0.3, -0.25) is 0 Å². The lowest BCUT2D eigenvalue weighted by molar-refractivity contribution is -0.221. The fraction of sp³-hybridized carbons (Fsp3) is 0.533. The van der Waals surface area contributed by atoms with E-state index >= 15 is 0 Å². The second-order valence-electron chi connectivity index (χ2n) is 5.05. The van der Waals surface area contributed by atoms with Gasteiger partial charge in [0, 0.05) is 0 Å². The Balaban J connectivity index is 1.68. The topological polar surface area (TPSA) is 63.2 Å². The van der Waals surface area contributed by atoms with Crippen LogP contribution in [0.1, 0.15) is 17.3 Å². The van der Waals surface area contributed by atoms with Crippen LogP contribution in [-0.4, -0.2) is 50.6 Å². The molecule has 2 fully saturated rings. The van der Waals surface area contributed by atoms with E-state index in [9.17, 15) is 4.79 Å². The monoisotopic (exact) mass is 294 g/mol. The average molecular weight is 294 g/mol. The SMILES string of the molecule is C[C@H]1OCO[C@H]1[C@H]1OCOC[C@H]1OC(=O)c1ccccc1. The van der Waals surface area contributed by atoms with Gasteiger partial charge in [-0.25, -0.2) is 4.79 Å². The van der Waals surface area contributed by atoms with Gasteiger partial charge in [0.15, 0.2) is 6.10 Å². The Morgan fingerprint density at radius 3 is 2.57 bits per heavy atom. The molecule has 0 N–H and O–H groups in total. The standard InChI is InChI=1S/C15H18O6/c1-10-13(20-9-18-10)14-12(7-17-8-19-14)21-15(16)11-5-3-2-4-6-11/h2-6,10,12-14H,7-9H2,1H3/t10-,12-,13-,14+/m1/s1. The largest absolute Gasteiger partial charge is 0.453 e. The van der Waals surface area contributed by atoms with Crippen molar-refractivity contribution in [1.82, 2.24) is 0 Å². The first-order valence-corrected chi connectivity index (χ1v) is 6.94. The molecule has 3 rings (SSSR count). The van der Waals surface area contributed by atoms with Crippen LogP contribution in [-0.2, 0) is 23.7 Å². The van der Waals surface area contributed by atoms with Crippen molar-refractivity contribution in [3.05, 3.63) is 35.9 Å². The lowest BCUT2D eigenvalue weighted by Crippen LogP contribution is -2.51. The van der Waals surface area contributed by atoms with Crippen LogP contribution in [0.2, 0.25) is 0 Å². The van der Waals surface area contributed by atoms with Crippen LogP contribution in [0.3, 0.4) is 0 Å². The molecule has 0 aliphatic carbocycles. The third-order valence-electron chi connectivity index (χ3n) is 3.64. The van der Waals surface area contributed by atoms with Gasteiger partial charge in [-0.05, 0) is 19.1 Å². The highest BCUT2D eigenvalue weighted by Crippen LogP contribution is 2.25. The molecular weight excluding hydrogens is 276 g/mol. The number of carbonyl (C=O) groups is 1. The minimum Gasteiger partial charge on any atom is -0.453 e. The normalized spacial score (nSPS) is 32.8. The van der Waals surface area contributed by atoms with E-state index in [2.05, 4.69) is 0 Å². The van der Waals surface area contributed by atoms with E-state index in [4.69, 9.17) is 23.7 Å². The van der Waals surface area contributed by atoms with Gasteiger partial charge in [-0.2, -0.15) is 0 Å². The number of esters is 1. The van der Waals surface area contributed by atoms with E-state index in [0.29, 0.717) is 5.56 Å². The Labute approximate surface area is 122 Å². The highest BCUT2D eigenvalue weighted by molar-refractivity contribution is 5.89. The van der Waals surface area contributed by atoms with Crippen molar-refractivity contribution in [2.75, 3.05) is 20.2 Å². The molecule has 6 heteroatoms. The van der Waals surface area contributed by atoms with Crippen molar-refractivity contribution in [3.8, 4) is 0 Å². The summed E-state index contributed by atoms with van der Waals surface area (Å²) < 4.78 is 27.3. The molecule has 4 atom stereocenters. The molecule has 21 heavy (non-hydrogen) atoms. The number of benzene rings is 1. The Bertz CT molecular complexity index is 476. The Hall–Kier alpha value is -1.47. The smallest absolute Gasteiger partial charge is 0.338 e. The van der Waals surface area contributed by atoms with Crippen molar-refractivity contribution < 1.29 is 28.5 Å². The fourth-order valence-corrected chi connectivity index (χ4v) is 2.50. The molecule has 114 valence electrons. The summed E-state index contributed by atoms with van der Waals surface area (Å²) in [6, 6.07) is 8.84. The van der Waals surface area contributed by atoms with Crippen LogP contribution in [0, 0.1) is 0 Å². The predicted molar refractivity (Wildman–Crippen MR) is 71.6 cm³/mol. The Morgan fingerprint density at radius 1 is 1.10 bits per heavy atom. The zero-order chi connectivity index (χ0) is 14.7. The minimum absolute atomic E-state index is 0.106. The van der Waals surface area contributed by atoms with E-state index in [1.807, 2.05) is 13.0 Å². The molecule has 0 radical (unpaired) electrons. The van der Waals surface area contributed by atoms with Gasteiger partial charge in [-0.1, -0.05) is 18.2 Å². The summed E-state index contributed by atoms with van der Waals surface area (Å²) in [6.07, 6.45) is -1.27. The van der Waals surface area contributed by atoms with E-state index in [-0.39, 0.29) is 38.5 Å². The number of hydrogen-bond donors (Lipinski definition) is 0. The summed E-state index contributed by atoms with van der Waals surface area (Å²) >= 11 is 0. The lowest BCUT2D eigenvalue weighted by atomic mass is 10.0. The van der Waals surface area contributed by atoms with Crippen LogP contribution in [0.4, 0.5) is 0 Å². The molecule has 1 aromatic rings. The number of ether oxygens (including phenoxy) is 5. The Morgan fingerprint density at radius 2 is 1.86 bits per heavy atom. The molecule has 1 aromatic carbocycles. The lowest BCUT2D eigenvalue weighted by Gasteiger charge is -2.34. The molecule has 0 amide bonds. The molecule has 2 saturated heterocycles. The van der Waals surface area contributed by atoms with Gasteiger partial charge in [0.1, 0.15) is 25.8 Å². The predicted octanol–water partition coefficient (Wildman–Crippen LogP) is 1.35. The minimum atomic E-state index is -0.513. The second-order valence-corrected chi connectivity index (χ2v) is 5.05. The summed E-state index contributed by atoms with van der Waals surface area (Å²) in [5.74, 6) is -0.397. The maximum atomic E-state index is 12.1. The van der Waals surface area contributed by atoms with Crippen molar-refractivity contribution >= 4 is 5.97 Å².